The van der Waals surface area contributed by atoms with Gasteiger partial charge in [0.2, 0.25) is 5.91 Å². The van der Waals surface area contributed by atoms with Crippen molar-refractivity contribution in [1.82, 2.24) is 4.98 Å². The number of rotatable bonds is 4. The molecule has 0 aliphatic rings. The minimum absolute atomic E-state index is 0.243. The number of aryl methyl sites for hydroxylation is 1. The first-order valence-electron chi connectivity index (χ1n) is 7.73. The Balaban J connectivity index is 1.79. The number of carbonyl (C=O) groups excluding carboxylic acids is 1. The third kappa shape index (κ3) is 4.15. The van der Waals surface area contributed by atoms with Crippen LogP contribution in [-0.2, 0) is 17.4 Å². The second-order valence-electron chi connectivity index (χ2n) is 5.62. The van der Waals surface area contributed by atoms with E-state index in [1.807, 2.05) is 30.3 Å². The zero-order valence-electron chi connectivity index (χ0n) is 13.2. The predicted octanol–water partition coefficient (Wildman–Crippen LogP) is 4.82. The van der Waals surface area contributed by atoms with Gasteiger partial charge in [0, 0.05) is 18.0 Å². The van der Waals surface area contributed by atoms with Crippen LogP contribution >= 0.6 is 0 Å². The number of anilines is 1. The van der Waals surface area contributed by atoms with Gasteiger partial charge in [-0.1, -0.05) is 30.3 Å². The highest BCUT2D eigenvalue weighted by molar-refractivity contribution is 6.01. The Hall–Kier alpha value is -2.89. The molecule has 0 unspecified atom stereocenters. The second-order valence-corrected chi connectivity index (χ2v) is 5.62. The lowest BCUT2D eigenvalue weighted by Crippen LogP contribution is -2.13. The third-order valence-corrected chi connectivity index (χ3v) is 3.83. The Labute approximate surface area is 142 Å². The van der Waals surface area contributed by atoms with Crippen LogP contribution in [0.5, 0.6) is 0 Å². The van der Waals surface area contributed by atoms with Crippen LogP contribution in [0.25, 0.3) is 10.9 Å². The molecule has 0 saturated heterocycles. The zero-order valence-corrected chi connectivity index (χ0v) is 13.2. The lowest BCUT2D eigenvalue weighted by atomic mass is 10.1. The average Bonchev–Trinajstić information content (AvgIpc) is 2.60. The maximum Gasteiger partial charge on any atom is 0.416 e. The standard InChI is InChI=1S/C19H15F3N2O/c20-19(21,22)14-7-8-16-15(12-14)17(10-11-23-16)24-18(25)9-6-13-4-2-1-3-5-13/h1-5,7-8,10-12H,6,9H2,(H,23,24,25). The summed E-state index contributed by atoms with van der Waals surface area (Å²) < 4.78 is 38.7. The SMILES string of the molecule is O=C(CCc1ccccc1)Nc1ccnc2ccc(C(F)(F)F)cc12. The molecule has 0 bridgehead atoms. The van der Waals surface area contributed by atoms with Crippen molar-refractivity contribution in [3.05, 3.63) is 71.9 Å². The van der Waals surface area contributed by atoms with Crippen molar-refractivity contribution < 1.29 is 18.0 Å². The first-order valence-corrected chi connectivity index (χ1v) is 7.73. The van der Waals surface area contributed by atoms with E-state index in [0.29, 0.717) is 17.6 Å². The van der Waals surface area contributed by atoms with Gasteiger partial charge in [-0.2, -0.15) is 13.2 Å². The lowest BCUT2D eigenvalue weighted by Gasteiger charge is -2.11. The van der Waals surface area contributed by atoms with E-state index in [9.17, 15) is 18.0 Å². The summed E-state index contributed by atoms with van der Waals surface area (Å²) in [7, 11) is 0. The lowest BCUT2D eigenvalue weighted by molar-refractivity contribution is -0.137. The number of alkyl halides is 3. The number of hydrogen-bond acceptors (Lipinski definition) is 2. The molecule has 0 saturated carbocycles. The number of nitrogens with zero attached hydrogens (tertiary/aromatic N) is 1. The summed E-state index contributed by atoms with van der Waals surface area (Å²) in [6.45, 7) is 0. The number of aromatic nitrogens is 1. The van der Waals surface area contributed by atoms with Gasteiger partial charge in [-0.05, 0) is 36.2 Å². The smallest absolute Gasteiger partial charge is 0.325 e. The van der Waals surface area contributed by atoms with E-state index in [2.05, 4.69) is 10.3 Å². The molecule has 0 aliphatic heterocycles. The largest absolute Gasteiger partial charge is 0.416 e. The van der Waals surface area contributed by atoms with Crippen LogP contribution in [0, 0.1) is 0 Å². The number of fused-ring (bicyclic) bond motifs is 1. The molecule has 0 atom stereocenters. The van der Waals surface area contributed by atoms with Crippen molar-refractivity contribution >= 4 is 22.5 Å². The molecule has 25 heavy (non-hydrogen) atoms. The van der Waals surface area contributed by atoms with Crippen molar-refractivity contribution in [2.45, 2.75) is 19.0 Å². The Bertz CT molecular complexity index is 892. The van der Waals surface area contributed by atoms with Crippen molar-refractivity contribution in [2.75, 3.05) is 5.32 Å². The zero-order chi connectivity index (χ0) is 17.9. The van der Waals surface area contributed by atoms with Gasteiger partial charge in [-0.25, -0.2) is 0 Å². The highest BCUT2D eigenvalue weighted by Crippen LogP contribution is 2.33. The molecule has 3 aromatic rings. The van der Waals surface area contributed by atoms with E-state index < -0.39 is 11.7 Å². The summed E-state index contributed by atoms with van der Waals surface area (Å²) >= 11 is 0. The molecule has 1 aromatic heterocycles. The minimum atomic E-state index is -4.45. The monoisotopic (exact) mass is 344 g/mol. The Morgan fingerprint density at radius 3 is 2.52 bits per heavy atom. The average molecular weight is 344 g/mol. The van der Waals surface area contributed by atoms with Crippen LogP contribution in [0.4, 0.5) is 18.9 Å². The molecule has 1 heterocycles. The van der Waals surface area contributed by atoms with Crippen molar-refractivity contribution in [2.24, 2.45) is 0 Å². The van der Waals surface area contributed by atoms with E-state index in [0.717, 1.165) is 17.7 Å². The molecule has 1 N–H and O–H groups in total. The van der Waals surface area contributed by atoms with Crippen LogP contribution in [0.1, 0.15) is 17.5 Å². The van der Waals surface area contributed by atoms with Gasteiger partial charge in [0.15, 0.2) is 0 Å². The van der Waals surface area contributed by atoms with Gasteiger partial charge >= 0.3 is 6.18 Å². The van der Waals surface area contributed by atoms with Gasteiger partial charge in [0.05, 0.1) is 16.8 Å². The topological polar surface area (TPSA) is 42.0 Å². The molecular weight excluding hydrogens is 329 g/mol. The molecule has 6 heteroatoms. The number of amides is 1. The van der Waals surface area contributed by atoms with Crippen molar-refractivity contribution in [3.8, 4) is 0 Å². The number of nitrogens with one attached hydrogen (secondary N) is 1. The summed E-state index contributed by atoms with van der Waals surface area (Å²) in [5.41, 5.74) is 0.979. The number of carbonyl (C=O) groups is 1. The normalized spacial score (nSPS) is 11.5. The maximum atomic E-state index is 12.9. The Morgan fingerprint density at radius 1 is 1.04 bits per heavy atom. The van der Waals surface area contributed by atoms with Crippen LogP contribution in [0.2, 0.25) is 0 Å². The van der Waals surface area contributed by atoms with E-state index in [1.165, 1.54) is 18.3 Å². The molecule has 0 spiro atoms. The fourth-order valence-electron chi connectivity index (χ4n) is 2.55. The van der Waals surface area contributed by atoms with Gasteiger partial charge in [-0.3, -0.25) is 9.78 Å². The number of pyridine rings is 1. The molecule has 0 fully saturated rings. The summed E-state index contributed by atoms with van der Waals surface area (Å²) in [6, 6.07) is 14.3. The molecule has 0 radical (unpaired) electrons. The molecule has 0 aliphatic carbocycles. The fourth-order valence-corrected chi connectivity index (χ4v) is 2.55. The van der Waals surface area contributed by atoms with E-state index in [1.54, 1.807) is 0 Å². The molecular formula is C19H15F3N2O. The van der Waals surface area contributed by atoms with E-state index in [-0.39, 0.29) is 17.7 Å². The fraction of sp³-hybridized carbons (Fsp3) is 0.158. The third-order valence-electron chi connectivity index (χ3n) is 3.83. The maximum absolute atomic E-state index is 12.9. The highest BCUT2D eigenvalue weighted by atomic mass is 19.4. The molecule has 3 rings (SSSR count). The quantitative estimate of drug-likeness (QED) is 0.737. The predicted molar refractivity (Wildman–Crippen MR) is 90.1 cm³/mol. The minimum Gasteiger partial charge on any atom is -0.325 e. The van der Waals surface area contributed by atoms with Crippen molar-refractivity contribution in [3.63, 3.8) is 0 Å². The summed E-state index contributed by atoms with van der Waals surface area (Å²) in [5.74, 6) is -0.256. The summed E-state index contributed by atoms with van der Waals surface area (Å²) in [5, 5.41) is 2.96. The number of halogens is 3. The van der Waals surface area contributed by atoms with Gasteiger partial charge < -0.3 is 5.32 Å². The first kappa shape index (κ1) is 17.0. The molecule has 128 valence electrons. The van der Waals surface area contributed by atoms with Crippen LogP contribution in [0.15, 0.2) is 60.8 Å². The number of hydrogen-bond donors (Lipinski definition) is 1. The van der Waals surface area contributed by atoms with Gasteiger partial charge in [0.1, 0.15) is 0 Å². The second kappa shape index (κ2) is 6.93. The molecule has 3 nitrogen and oxygen atoms in total. The van der Waals surface area contributed by atoms with Crippen LogP contribution in [0.3, 0.4) is 0 Å². The Morgan fingerprint density at radius 2 is 1.80 bits per heavy atom. The Kier molecular flexibility index (Phi) is 4.70. The number of benzene rings is 2. The van der Waals surface area contributed by atoms with E-state index in [4.69, 9.17) is 0 Å². The summed E-state index contributed by atoms with van der Waals surface area (Å²) in [4.78, 5) is 16.2. The molecule has 2 aromatic carbocycles. The van der Waals surface area contributed by atoms with Gasteiger partial charge in [-0.15, -0.1) is 0 Å². The van der Waals surface area contributed by atoms with Crippen LogP contribution in [-0.4, -0.2) is 10.9 Å². The first-order chi connectivity index (χ1) is 11.9. The summed E-state index contributed by atoms with van der Waals surface area (Å²) in [6.07, 6.45) is -2.18. The van der Waals surface area contributed by atoms with Crippen LogP contribution < -0.4 is 5.32 Å². The van der Waals surface area contributed by atoms with E-state index >= 15 is 0 Å². The van der Waals surface area contributed by atoms with Gasteiger partial charge in [0.25, 0.3) is 0 Å². The van der Waals surface area contributed by atoms with Crippen molar-refractivity contribution in [1.29, 1.82) is 0 Å². The highest BCUT2D eigenvalue weighted by Gasteiger charge is 2.30. The molecule has 1 amide bonds.